The fraction of sp³-hybridized carbons (Fsp3) is 1.00. The Balaban J connectivity index is 1.98. The zero-order valence-electron chi connectivity index (χ0n) is 11.0. The average Bonchev–Trinajstić information content (AvgIpc) is 2.82. The summed E-state index contributed by atoms with van der Waals surface area (Å²) in [4.78, 5) is 0. The van der Waals surface area contributed by atoms with Crippen LogP contribution in [0.25, 0.3) is 0 Å². The molecule has 1 aliphatic rings. The third-order valence-corrected chi connectivity index (χ3v) is 2.86. The third kappa shape index (κ3) is 6.63. The molecule has 0 amide bonds. The van der Waals surface area contributed by atoms with Gasteiger partial charge in [0, 0.05) is 19.7 Å². The van der Waals surface area contributed by atoms with Crippen LogP contribution in [0.4, 0.5) is 0 Å². The lowest BCUT2D eigenvalue weighted by molar-refractivity contribution is -0.0217. The zero-order valence-corrected chi connectivity index (χ0v) is 11.0. The van der Waals surface area contributed by atoms with E-state index in [1.807, 2.05) is 0 Å². The van der Waals surface area contributed by atoms with E-state index in [4.69, 9.17) is 14.6 Å². The number of hydrogen-bond donors (Lipinski definition) is 4. The number of rotatable bonds is 9. The summed E-state index contributed by atoms with van der Waals surface area (Å²) in [6, 6.07) is 0. The summed E-state index contributed by atoms with van der Waals surface area (Å²) >= 11 is 0. The Morgan fingerprint density at radius 2 is 2.33 bits per heavy atom. The Kier molecular flexibility index (Phi) is 7.06. The van der Waals surface area contributed by atoms with Crippen LogP contribution in [-0.4, -0.2) is 72.6 Å². The van der Waals surface area contributed by atoms with Crippen LogP contribution < -0.4 is 5.32 Å². The van der Waals surface area contributed by atoms with Crippen LogP contribution >= 0.6 is 0 Å². The van der Waals surface area contributed by atoms with E-state index in [9.17, 15) is 10.2 Å². The molecule has 0 saturated carbocycles. The zero-order chi connectivity index (χ0) is 13.4. The molecule has 3 atom stereocenters. The van der Waals surface area contributed by atoms with Crippen molar-refractivity contribution >= 4 is 0 Å². The van der Waals surface area contributed by atoms with Crippen molar-refractivity contribution in [2.45, 2.75) is 37.6 Å². The van der Waals surface area contributed by atoms with Gasteiger partial charge in [0.2, 0.25) is 0 Å². The number of hydrogen-bond acceptors (Lipinski definition) is 6. The molecule has 0 radical (unpaired) electrons. The van der Waals surface area contributed by atoms with E-state index in [0.717, 1.165) is 19.4 Å². The first kappa shape index (κ1) is 15.8. The third-order valence-electron chi connectivity index (χ3n) is 2.86. The molecule has 0 bridgehead atoms. The van der Waals surface area contributed by atoms with Crippen molar-refractivity contribution in [2.24, 2.45) is 0 Å². The Morgan fingerprint density at radius 1 is 1.56 bits per heavy atom. The van der Waals surface area contributed by atoms with Crippen molar-refractivity contribution in [3.8, 4) is 0 Å². The fourth-order valence-corrected chi connectivity index (χ4v) is 1.73. The summed E-state index contributed by atoms with van der Waals surface area (Å²) < 4.78 is 10.8. The maximum Gasteiger partial charge on any atom is 0.0972 e. The van der Waals surface area contributed by atoms with Crippen molar-refractivity contribution in [1.29, 1.82) is 0 Å². The first-order valence-corrected chi connectivity index (χ1v) is 6.45. The molecule has 6 heteroatoms. The number of aliphatic hydroxyl groups is 3. The molecule has 0 aliphatic carbocycles. The van der Waals surface area contributed by atoms with E-state index >= 15 is 0 Å². The van der Waals surface area contributed by atoms with Crippen LogP contribution in [0.2, 0.25) is 0 Å². The largest absolute Gasteiger partial charge is 0.393 e. The quantitative estimate of drug-likeness (QED) is 0.421. The molecule has 4 N–H and O–H groups in total. The van der Waals surface area contributed by atoms with E-state index < -0.39 is 11.7 Å². The maximum atomic E-state index is 9.62. The molecule has 1 rings (SSSR count). The lowest BCUT2D eigenvalue weighted by Crippen LogP contribution is -2.44. The summed E-state index contributed by atoms with van der Waals surface area (Å²) in [5.74, 6) is 0. The van der Waals surface area contributed by atoms with Crippen LogP contribution in [0.5, 0.6) is 0 Å². The normalized spacial score (nSPS) is 25.0. The first-order valence-electron chi connectivity index (χ1n) is 6.45. The lowest BCUT2D eigenvalue weighted by atomic mass is 10.1. The van der Waals surface area contributed by atoms with Crippen molar-refractivity contribution < 1.29 is 24.8 Å². The van der Waals surface area contributed by atoms with Gasteiger partial charge in [-0.05, 0) is 19.8 Å². The Hall–Kier alpha value is -0.240. The van der Waals surface area contributed by atoms with Gasteiger partial charge in [-0.3, -0.25) is 0 Å². The van der Waals surface area contributed by atoms with Crippen molar-refractivity contribution in [2.75, 3.05) is 39.5 Å². The summed E-state index contributed by atoms with van der Waals surface area (Å²) in [5.41, 5.74) is -1.15. The Bertz CT molecular complexity index is 219. The van der Waals surface area contributed by atoms with E-state index in [1.54, 1.807) is 0 Å². The second kappa shape index (κ2) is 8.04. The molecule has 108 valence electrons. The Morgan fingerprint density at radius 3 is 2.94 bits per heavy atom. The molecule has 0 spiro atoms. The summed E-state index contributed by atoms with van der Waals surface area (Å²) in [6.45, 7) is 3.33. The van der Waals surface area contributed by atoms with Crippen LogP contribution in [-0.2, 0) is 9.47 Å². The molecule has 0 aromatic rings. The monoisotopic (exact) mass is 263 g/mol. The van der Waals surface area contributed by atoms with Gasteiger partial charge in [-0.15, -0.1) is 0 Å². The highest BCUT2D eigenvalue weighted by molar-refractivity contribution is 4.74. The maximum absolute atomic E-state index is 9.62. The van der Waals surface area contributed by atoms with Gasteiger partial charge in [0.1, 0.15) is 0 Å². The molecule has 1 saturated heterocycles. The minimum atomic E-state index is -1.15. The average molecular weight is 263 g/mol. The predicted molar refractivity (Wildman–Crippen MR) is 66.4 cm³/mol. The summed E-state index contributed by atoms with van der Waals surface area (Å²) in [6.07, 6.45) is 1.64. The highest BCUT2D eigenvalue weighted by Gasteiger charge is 2.19. The van der Waals surface area contributed by atoms with E-state index in [1.165, 1.54) is 6.92 Å². The second-order valence-corrected chi connectivity index (χ2v) is 5.11. The molecule has 0 aromatic heterocycles. The summed E-state index contributed by atoms with van der Waals surface area (Å²) in [5, 5.41) is 30.8. The van der Waals surface area contributed by atoms with Gasteiger partial charge in [0.25, 0.3) is 0 Å². The molecule has 6 nitrogen and oxygen atoms in total. The molecule has 0 aromatic carbocycles. The molecule has 1 aliphatic heterocycles. The number of ether oxygens (including phenoxy) is 2. The summed E-state index contributed by atoms with van der Waals surface area (Å²) in [7, 11) is 0. The van der Waals surface area contributed by atoms with Gasteiger partial charge < -0.3 is 30.1 Å². The molecular formula is C12H25NO5. The van der Waals surface area contributed by atoms with Crippen molar-refractivity contribution in [1.82, 2.24) is 5.32 Å². The SMILES string of the molecule is CC(O)(CO)CNCC(O)COCC1CCCO1. The van der Waals surface area contributed by atoms with Crippen molar-refractivity contribution in [3.63, 3.8) is 0 Å². The minimum absolute atomic E-state index is 0.167. The van der Waals surface area contributed by atoms with E-state index in [-0.39, 0.29) is 25.9 Å². The van der Waals surface area contributed by atoms with Gasteiger partial charge in [-0.1, -0.05) is 0 Å². The van der Waals surface area contributed by atoms with Gasteiger partial charge >= 0.3 is 0 Å². The first-order chi connectivity index (χ1) is 8.53. The Labute approximate surface area is 108 Å². The topological polar surface area (TPSA) is 91.2 Å². The number of aliphatic hydroxyl groups excluding tert-OH is 2. The molecule has 3 unspecified atom stereocenters. The van der Waals surface area contributed by atoms with Gasteiger partial charge in [-0.25, -0.2) is 0 Å². The van der Waals surface area contributed by atoms with Gasteiger partial charge in [0.15, 0.2) is 0 Å². The van der Waals surface area contributed by atoms with E-state index in [0.29, 0.717) is 13.2 Å². The van der Waals surface area contributed by atoms with Crippen LogP contribution in [0.1, 0.15) is 19.8 Å². The molecule has 18 heavy (non-hydrogen) atoms. The molecule has 1 heterocycles. The molecular weight excluding hydrogens is 238 g/mol. The standard InChI is InChI=1S/C12H25NO5/c1-12(16,9-14)8-13-5-10(15)6-17-7-11-3-2-4-18-11/h10-11,13-16H,2-9H2,1H3. The highest BCUT2D eigenvalue weighted by atomic mass is 16.5. The fourth-order valence-electron chi connectivity index (χ4n) is 1.73. The lowest BCUT2D eigenvalue weighted by Gasteiger charge is -2.22. The van der Waals surface area contributed by atoms with Crippen LogP contribution in [0.3, 0.4) is 0 Å². The predicted octanol–water partition coefficient (Wildman–Crippen LogP) is -1.12. The molecule has 1 fully saturated rings. The number of nitrogens with one attached hydrogen (secondary N) is 1. The van der Waals surface area contributed by atoms with Crippen molar-refractivity contribution in [3.05, 3.63) is 0 Å². The van der Waals surface area contributed by atoms with Crippen LogP contribution in [0.15, 0.2) is 0 Å². The van der Waals surface area contributed by atoms with Gasteiger partial charge in [-0.2, -0.15) is 0 Å². The van der Waals surface area contributed by atoms with Crippen LogP contribution in [0, 0.1) is 0 Å². The highest BCUT2D eigenvalue weighted by Crippen LogP contribution is 2.11. The van der Waals surface area contributed by atoms with Gasteiger partial charge in [0.05, 0.1) is 37.6 Å². The minimum Gasteiger partial charge on any atom is -0.393 e. The van der Waals surface area contributed by atoms with E-state index in [2.05, 4.69) is 5.32 Å². The smallest absolute Gasteiger partial charge is 0.0972 e. The second-order valence-electron chi connectivity index (χ2n) is 5.11.